The fourth-order valence-corrected chi connectivity index (χ4v) is 3.49. The van der Waals surface area contributed by atoms with Crippen molar-refractivity contribution >= 4 is 28.4 Å². The van der Waals surface area contributed by atoms with E-state index >= 15 is 0 Å². The summed E-state index contributed by atoms with van der Waals surface area (Å²) in [5.41, 5.74) is 0.142. The highest BCUT2D eigenvalue weighted by molar-refractivity contribution is 6.30. The monoisotopic (exact) mass is 423 g/mol. The normalized spacial score (nSPS) is 11.0. The van der Waals surface area contributed by atoms with Crippen LogP contribution in [0.4, 0.5) is 0 Å². The van der Waals surface area contributed by atoms with E-state index in [0.717, 1.165) is 4.57 Å². The molecule has 0 spiro atoms. The van der Waals surface area contributed by atoms with E-state index in [4.69, 9.17) is 16.0 Å². The van der Waals surface area contributed by atoms with E-state index in [1.54, 1.807) is 60.7 Å². The average molecular weight is 424 g/mol. The number of nitrogens with zero attached hydrogens (tertiary/aromatic N) is 2. The molecule has 1 amide bonds. The Hall–Kier alpha value is -3.58. The molecule has 2 aromatic heterocycles. The Kier molecular flexibility index (Phi) is 5.54. The first kappa shape index (κ1) is 19.7. The van der Waals surface area contributed by atoms with E-state index in [1.807, 2.05) is 0 Å². The Morgan fingerprint density at radius 3 is 2.60 bits per heavy atom. The molecule has 7 nitrogen and oxygen atoms in total. The second-order valence-corrected chi connectivity index (χ2v) is 7.20. The van der Waals surface area contributed by atoms with E-state index in [0.29, 0.717) is 27.2 Å². The first-order valence-electron chi connectivity index (χ1n) is 9.29. The summed E-state index contributed by atoms with van der Waals surface area (Å²) in [5, 5.41) is 3.59. The Morgan fingerprint density at radius 2 is 1.83 bits per heavy atom. The molecule has 152 valence electrons. The lowest BCUT2D eigenvalue weighted by atomic mass is 10.2. The predicted octanol–water partition coefficient (Wildman–Crippen LogP) is 2.77. The second-order valence-electron chi connectivity index (χ2n) is 6.76. The molecule has 4 aromatic rings. The number of rotatable bonds is 6. The van der Waals surface area contributed by atoms with Crippen LogP contribution < -0.4 is 16.6 Å². The van der Waals surface area contributed by atoms with Crippen LogP contribution in [0, 0.1) is 0 Å². The van der Waals surface area contributed by atoms with Crippen LogP contribution in [0.25, 0.3) is 10.9 Å². The van der Waals surface area contributed by atoms with Crippen molar-refractivity contribution in [3.8, 4) is 0 Å². The average Bonchev–Trinajstić information content (AvgIpc) is 3.26. The van der Waals surface area contributed by atoms with Gasteiger partial charge in [-0.25, -0.2) is 4.79 Å². The van der Waals surface area contributed by atoms with Gasteiger partial charge in [0.15, 0.2) is 0 Å². The number of furan rings is 1. The number of benzene rings is 2. The zero-order valence-electron chi connectivity index (χ0n) is 15.9. The summed E-state index contributed by atoms with van der Waals surface area (Å²) in [4.78, 5) is 38.6. The number of nitrogens with one attached hydrogen (secondary N) is 1. The topological polar surface area (TPSA) is 86.2 Å². The second kappa shape index (κ2) is 8.42. The molecule has 2 heterocycles. The van der Waals surface area contributed by atoms with Crippen LogP contribution in [0.1, 0.15) is 11.3 Å². The van der Waals surface area contributed by atoms with Crippen LogP contribution in [0.5, 0.6) is 0 Å². The van der Waals surface area contributed by atoms with Gasteiger partial charge in [0.2, 0.25) is 5.91 Å². The van der Waals surface area contributed by atoms with E-state index in [9.17, 15) is 14.4 Å². The third kappa shape index (κ3) is 4.06. The number of hydrogen-bond acceptors (Lipinski definition) is 4. The molecular formula is C22H18ClN3O4. The summed E-state index contributed by atoms with van der Waals surface area (Å²) in [5.74, 6) is 0.234. The maximum atomic E-state index is 13.2. The molecule has 1 N–H and O–H groups in total. The lowest BCUT2D eigenvalue weighted by Crippen LogP contribution is -2.42. The molecule has 0 bridgehead atoms. The van der Waals surface area contributed by atoms with E-state index in [1.165, 1.54) is 10.8 Å². The molecule has 0 radical (unpaired) electrons. The molecule has 0 aliphatic heterocycles. The zero-order chi connectivity index (χ0) is 21.1. The van der Waals surface area contributed by atoms with Crippen molar-refractivity contribution in [1.29, 1.82) is 0 Å². The molecule has 0 aliphatic rings. The van der Waals surface area contributed by atoms with Crippen molar-refractivity contribution < 1.29 is 9.21 Å². The zero-order valence-corrected chi connectivity index (χ0v) is 16.6. The van der Waals surface area contributed by atoms with Crippen molar-refractivity contribution in [1.82, 2.24) is 14.5 Å². The third-order valence-corrected chi connectivity index (χ3v) is 4.94. The van der Waals surface area contributed by atoms with Gasteiger partial charge in [-0.15, -0.1) is 0 Å². The van der Waals surface area contributed by atoms with Crippen LogP contribution in [0.15, 0.2) is 80.9 Å². The molecule has 0 aliphatic carbocycles. The van der Waals surface area contributed by atoms with Gasteiger partial charge in [-0.3, -0.25) is 18.7 Å². The van der Waals surface area contributed by atoms with Gasteiger partial charge in [-0.05, 0) is 42.0 Å². The van der Waals surface area contributed by atoms with Crippen LogP contribution in [0.3, 0.4) is 0 Å². The summed E-state index contributed by atoms with van der Waals surface area (Å²) in [6, 6.07) is 17.2. The number of fused-ring (bicyclic) bond motifs is 1. The quantitative estimate of drug-likeness (QED) is 0.516. The smallest absolute Gasteiger partial charge is 0.332 e. The van der Waals surface area contributed by atoms with Gasteiger partial charge in [0.1, 0.15) is 12.3 Å². The predicted molar refractivity (Wildman–Crippen MR) is 114 cm³/mol. The molecule has 2 aromatic carbocycles. The lowest BCUT2D eigenvalue weighted by molar-refractivity contribution is -0.121. The minimum atomic E-state index is -0.563. The minimum absolute atomic E-state index is 0.0527. The van der Waals surface area contributed by atoms with E-state index in [-0.39, 0.29) is 25.5 Å². The Balaban J connectivity index is 1.72. The maximum absolute atomic E-state index is 13.2. The van der Waals surface area contributed by atoms with Gasteiger partial charge in [-0.1, -0.05) is 35.9 Å². The first-order chi connectivity index (χ1) is 14.5. The highest BCUT2D eigenvalue weighted by Gasteiger charge is 2.15. The summed E-state index contributed by atoms with van der Waals surface area (Å²) < 4.78 is 7.62. The van der Waals surface area contributed by atoms with Crippen LogP contribution in [-0.2, 0) is 24.4 Å². The number of aromatic nitrogens is 2. The maximum Gasteiger partial charge on any atom is 0.332 e. The Labute approximate surface area is 176 Å². The fourth-order valence-electron chi connectivity index (χ4n) is 3.28. The molecule has 30 heavy (non-hydrogen) atoms. The standard InChI is InChI=1S/C22H18ClN3O4/c23-16-6-3-5-15(11-16)13-26-21(28)18-8-1-2-9-19(18)25(22(26)29)14-20(27)24-12-17-7-4-10-30-17/h1-11H,12-14H2,(H,24,27). The molecule has 0 saturated carbocycles. The van der Waals surface area contributed by atoms with Crippen molar-refractivity contribution in [2.24, 2.45) is 0 Å². The lowest BCUT2D eigenvalue weighted by Gasteiger charge is -2.14. The van der Waals surface area contributed by atoms with Gasteiger partial charge >= 0.3 is 5.69 Å². The highest BCUT2D eigenvalue weighted by atomic mass is 35.5. The highest BCUT2D eigenvalue weighted by Crippen LogP contribution is 2.12. The van der Waals surface area contributed by atoms with Gasteiger partial charge in [0.05, 0.1) is 30.3 Å². The Bertz CT molecular complexity index is 1320. The summed E-state index contributed by atoms with van der Waals surface area (Å²) in [6.45, 7) is 0.0353. The van der Waals surface area contributed by atoms with Crippen LogP contribution in [-0.4, -0.2) is 15.0 Å². The number of carbonyl (C=O) groups excluding carboxylic acids is 1. The van der Waals surface area contributed by atoms with Crippen molar-refractivity contribution in [2.45, 2.75) is 19.6 Å². The van der Waals surface area contributed by atoms with Crippen LogP contribution >= 0.6 is 11.6 Å². The van der Waals surface area contributed by atoms with Crippen molar-refractivity contribution in [2.75, 3.05) is 0 Å². The minimum Gasteiger partial charge on any atom is -0.467 e. The molecule has 0 unspecified atom stereocenters. The largest absolute Gasteiger partial charge is 0.467 e. The SMILES string of the molecule is O=C(Cn1c(=O)n(Cc2cccc(Cl)c2)c(=O)c2ccccc21)NCc1ccco1. The molecule has 0 fully saturated rings. The number of hydrogen-bond donors (Lipinski definition) is 1. The number of amides is 1. The van der Waals surface area contributed by atoms with Gasteiger partial charge < -0.3 is 9.73 Å². The number of carbonyl (C=O) groups is 1. The number of para-hydroxylation sites is 1. The summed E-state index contributed by atoms with van der Waals surface area (Å²) in [6.07, 6.45) is 1.52. The van der Waals surface area contributed by atoms with Gasteiger partial charge in [0, 0.05) is 5.02 Å². The summed E-state index contributed by atoms with van der Waals surface area (Å²) in [7, 11) is 0. The van der Waals surface area contributed by atoms with Gasteiger partial charge in [0.25, 0.3) is 5.56 Å². The molecule has 0 atom stereocenters. The van der Waals surface area contributed by atoms with E-state index < -0.39 is 11.2 Å². The molecule has 0 saturated heterocycles. The van der Waals surface area contributed by atoms with Crippen molar-refractivity contribution in [3.63, 3.8) is 0 Å². The third-order valence-electron chi connectivity index (χ3n) is 4.70. The fraction of sp³-hybridized carbons (Fsp3) is 0.136. The molecular weight excluding hydrogens is 406 g/mol. The first-order valence-corrected chi connectivity index (χ1v) is 9.66. The van der Waals surface area contributed by atoms with Crippen LogP contribution in [0.2, 0.25) is 5.02 Å². The molecule has 4 rings (SSSR count). The van der Waals surface area contributed by atoms with Crippen molar-refractivity contribution in [3.05, 3.63) is 104 Å². The Morgan fingerprint density at radius 1 is 1.00 bits per heavy atom. The summed E-state index contributed by atoms with van der Waals surface area (Å²) >= 11 is 6.03. The van der Waals surface area contributed by atoms with E-state index in [2.05, 4.69) is 5.32 Å². The number of halogens is 1. The van der Waals surface area contributed by atoms with Gasteiger partial charge in [-0.2, -0.15) is 0 Å². The molecule has 8 heteroatoms.